The number of hydrogen-bond acceptors (Lipinski definition) is 8. The second-order valence-electron chi connectivity index (χ2n) is 11.4. The summed E-state index contributed by atoms with van der Waals surface area (Å²) in [7, 11) is -3.27. The lowest BCUT2D eigenvalue weighted by atomic mass is 9.98. The van der Waals surface area contributed by atoms with E-state index in [1.807, 2.05) is 6.07 Å². The largest absolute Gasteiger partial charge is 0.454 e. The van der Waals surface area contributed by atoms with Gasteiger partial charge in [0.1, 0.15) is 25.9 Å². The first kappa shape index (κ1) is 30.8. The number of benzene rings is 2. The second-order valence-corrected chi connectivity index (χ2v) is 14.7. The summed E-state index contributed by atoms with van der Waals surface area (Å²) in [5, 5.41) is 5.85. The van der Waals surface area contributed by atoms with Crippen molar-refractivity contribution in [3.05, 3.63) is 71.7 Å². The predicted molar refractivity (Wildman–Crippen MR) is 167 cm³/mol. The molecule has 1 fully saturated rings. The standard InChI is InChI=1S/C31H32FN5O6S2/c1-18-21(10-11-23(26(18)32)43-20-8-4-3-5-9-20)37-22-12-14-33-30-25(22)27(35-31(37)40)28(44-30)29(39)34-19-7-6-15-36(17-19)24(38)13-16-45(2,41)42/h3-5,8-12,14,19,27-28H,6-7,13,15-17H2,1-2H3,(H,34,39)(H,35,40)/t19?,27?,28-/m1/s1. The molecule has 236 valence electrons. The van der Waals surface area contributed by atoms with Crippen molar-refractivity contribution in [2.24, 2.45) is 0 Å². The summed E-state index contributed by atoms with van der Waals surface area (Å²) in [6.45, 7) is 2.36. The number of carbonyl (C=O) groups excluding carboxylic acids is 3. The number of urea groups is 1. The number of sulfone groups is 1. The molecular weight excluding hydrogens is 622 g/mol. The van der Waals surface area contributed by atoms with E-state index in [9.17, 15) is 22.8 Å². The van der Waals surface area contributed by atoms with Gasteiger partial charge in [-0.3, -0.25) is 14.5 Å². The molecule has 0 aliphatic carbocycles. The van der Waals surface area contributed by atoms with Crippen LogP contribution in [0.15, 0.2) is 59.8 Å². The highest BCUT2D eigenvalue weighted by molar-refractivity contribution is 8.01. The molecule has 0 bridgehead atoms. The lowest BCUT2D eigenvalue weighted by molar-refractivity contribution is -0.133. The Hall–Kier alpha value is -4.17. The first-order valence-electron chi connectivity index (χ1n) is 14.5. The van der Waals surface area contributed by atoms with Crippen molar-refractivity contribution in [1.82, 2.24) is 20.5 Å². The van der Waals surface area contributed by atoms with Crippen LogP contribution in [0.2, 0.25) is 0 Å². The number of carbonyl (C=O) groups is 3. The minimum Gasteiger partial charge on any atom is -0.454 e. The Morgan fingerprint density at radius 2 is 1.93 bits per heavy atom. The molecule has 6 rings (SSSR count). The van der Waals surface area contributed by atoms with Crippen LogP contribution in [-0.4, -0.2) is 72.5 Å². The van der Waals surface area contributed by atoms with E-state index in [0.717, 1.165) is 6.26 Å². The van der Waals surface area contributed by atoms with Gasteiger partial charge in [-0.1, -0.05) is 30.0 Å². The fraction of sp³-hybridized carbons (Fsp3) is 0.355. The number of nitrogens with zero attached hydrogens (tertiary/aromatic N) is 3. The van der Waals surface area contributed by atoms with Crippen molar-refractivity contribution in [2.75, 3.05) is 30.0 Å². The van der Waals surface area contributed by atoms with Gasteiger partial charge in [0.05, 0.1) is 23.2 Å². The smallest absolute Gasteiger partial charge is 0.327 e. The van der Waals surface area contributed by atoms with E-state index in [1.165, 1.54) is 22.7 Å². The summed E-state index contributed by atoms with van der Waals surface area (Å²) in [6, 6.07) is 12.1. The third-order valence-corrected chi connectivity index (χ3v) is 10.3. The maximum absolute atomic E-state index is 15.5. The van der Waals surface area contributed by atoms with Gasteiger partial charge in [0, 0.05) is 49.1 Å². The van der Waals surface area contributed by atoms with Gasteiger partial charge in [-0.2, -0.15) is 0 Å². The Morgan fingerprint density at radius 1 is 1.16 bits per heavy atom. The maximum Gasteiger partial charge on any atom is 0.327 e. The molecule has 45 heavy (non-hydrogen) atoms. The minimum absolute atomic E-state index is 0.0309. The fourth-order valence-electron chi connectivity index (χ4n) is 5.89. The fourth-order valence-corrected chi connectivity index (χ4v) is 7.67. The predicted octanol–water partition coefficient (Wildman–Crippen LogP) is 4.24. The second kappa shape index (κ2) is 12.3. The van der Waals surface area contributed by atoms with Crippen molar-refractivity contribution in [2.45, 2.75) is 48.5 Å². The molecule has 4 heterocycles. The highest BCUT2D eigenvalue weighted by Gasteiger charge is 2.47. The Kier molecular flexibility index (Phi) is 8.44. The highest BCUT2D eigenvalue weighted by Crippen LogP contribution is 2.51. The van der Waals surface area contributed by atoms with Crippen LogP contribution in [-0.2, 0) is 19.4 Å². The number of halogens is 1. The Morgan fingerprint density at radius 3 is 2.69 bits per heavy atom. The topological polar surface area (TPSA) is 138 Å². The van der Waals surface area contributed by atoms with Crippen molar-refractivity contribution < 1.29 is 31.9 Å². The molecule has 4 amide bonds. The number of aromatic nitrogens is 1. The van der Waals surface area contributed by atoms with Crippen molar-refractivity contribution in [3.8, 4) is 11.5 Å². The van der Waals surface area contributed by atoms with Crippen LogP contribution in [0, 0.1) is 12.7 Å². The first-order valence-corrected chi connectivity index (χ1v) is 17.5. The van der Waals surface area contributed by atoms with E-state index in [1.54, 1.807) is 54.4 Å². The summed E-state index contributed by atoms with van der Waals surface area (Å²) in [5.74, 6) is -0.871. The van der Waals surface area contributed by atoms with Crippen LogP contribution >= 0.6 is 11.8 Å². The molecule has 3 aliphatic heterocycles. The third-order valence-electron chi connectivity index (χ3n) is 8.11. The zero-order chi connectivity index (χ0) is 31.9. The van der Waals surface area contributed by atoms with E-state index < -0.39 is 33.0 Å². The summed E-state index contributed by atoms with van der Waals surface area (Å²) >= 11 is 1.24. The summed E-state index contributed by atoms with van der Waals surface area (Å²) < 4.78 is 44.3. The number of anilines is 2. The third kappa shape index (κ3) is 6.34. The SMILES string of the molecule is Cc1c(N2C(=O)NC3c4c2ccnc4S[C@H]3C(=O)NC2CCCN(C(=O)CCS(C)(=O)=O)C2)ccc(Oc2ccccc2)c1F. The Bertz CT molecular complexity index is 1770. The molecule has 3 atom stereocenters. The van der Waals surface area contributed by atoms with Crippen molar-refractivity contribution >= 4 is 50.8 Å². The molecule has 14 heteroatoms. The molecular formula is C31H32FN5O6S2. The Labute approximate surface area is 264 Å². The molecule has 1 saturated heterocycles. The molecule has 2 unspecified atom stereocenters. The van der Waals surface area contributed by atoms with Gasteiger partial charge in [-0.25, -0.2) is 22.6 Å². The monoisotopic (exact) mass is 653 g/mol. The summed E-state index contributed by atoms with van der Waals surface area (Å²) in [4.78, 5) is 47.3. The van der Waals surface area contributed by atoms with Crippen molar-refractivity contribution in [1.29, 1.82) is 0 Å². The molecule has 0 saturated carbocycles. The van der Waals surface area contributed by atoms with Crippen LogP contribution < -0.4 is 20.3 Å². The molecule has 3 aliphatic rings. The number of nitrogens with one attached hydrogen (secondary N) is 2. The van der Waals surface area contributed by atoms with Crippen molar-refractivity contribution in [3.63, 3.8) is 0 Å². The summed E-state index contributed by atoms with van der Waals surface area (Å²) in [5.41, 5.74) is 1.73. The van der Waals surface area contributed by atoms with Gasteiger partial charge in [0.25, 0.3) is 0 Å². The van der Waals surface area contributed by atoms with Crippen LogP contribution in [0.5, 0.6) is 11.5 Å². The number of para-hydroxylation sites is 1. The molecule has 2 aromatic carbocycles. The molecule has 1 aromatic heterocycles. The van der Waals surface area contributed by atoms with E-state index in [2.05, 4.69) is 15.6 Å². The van der Waals surface area contributed by atoms with Crippen LogP contribution in [0.4, 0.5) is 20.6 Å². The van der Waals surface area contributed by atoms with Crippen LogP contribution in [0.1, 0.15) is 36.4 Å². The zero-order valence-corrected chi connectivity index (χ0v) is 26.3. The first-order chi connectivity index (χ1) is 21.5. The van der Waals surface area contributed by atoms with Gasteiger partial charge in [0.2, 0.25) is 11.8 Å². The van der Waals surface area contributed by atoms with Crippen LogP contribution in [0.25, 0.3) is 0 Å². The molecule has 0 radical (unpaired) electrons. The quantitative estimate of drug-likeness (QED) is 0.368. The van der Waals surface area contributed by atoms with Crippen LogP contribution in [0.3, 0.4) is 0 Å². The minimum atomic E-state index is -3.27. The molecule has 0 spiro atoms. The lowest BCUT2D eigenvalue weighted by Gasteiger charge is -2.36. The van der Waals surface area contributed by atoms with Gasteiger partial charge in [-0.15, -0.1) is 0 Å². The zero-order valence-electron chi connectivity index (χ0n) is 24.7. The number of rotatable bonds is 8. The maximum atomic E-state index is 15.5. The molecule has 2 N–H and O–H groups in total. The van der Waals surface area contributed by atoms with Gasteiger partial charge >= 0.3 is 6.03 Å². The number of piperidine rings is 1. The number of likely N-dealkylation sites (tertiary alicyclic amines) is 1. The average molecular weight is 654 g/mol. The van der Waals surface area contributed by atoms with Gasteiger partial charge in [-0.05, 0) is 50.1 Å². The summed E-state index contributed by atoms with van der Waals surface area (Å²) in [6.07, 6.45) is 3.88. The number of pyridine rings is 1. The molecule has 11 nitrogen and oxygen atoms in total. The van der Waals surface area contributed by atoms with E-state index in [0.29, 0.717) is 47.1 Å². The Balaban J connectivity index is 1.19. The average Bonchev–Trinajstić information content (AvgIpc) is 3.39. The normalized spacial score (nSPS) is 20.8. The number of thioether (sulfide) groups is 1. The molecule has 3 aromatic rings. The lowest BCUT2D eigenvalue weighted by Crippen LogP contribution is -2.53. The highest BCUT2D eigenvalue weighted by atomic mass is 32.2. The van der Waals surface area contributed by atoms with E-state index >= 15 is 4.39 Å². The van der Waals surface area contributed by atoms with E-state index in [-0.39, 0.29) is 47.9 Å². The van der Waals surface area contributed by atoms with Gasteiger partial charge < -0.3 is 20.3 Å². The van der Waals surface area contributed by atoms with Gasteiger partial charge in [0.15, 0.2) is 11.6 Å². The van der Waals surface area contributed by atoms with E-state index in [4.69, 9.17) is 4.74 Å². The number of hydrogen-bond donors (Lipinski definition) is 2. The number of amides is 4. The number of ether oxygens (including phenoxy) is 1.